The van der Waals surface area contributed by atoms with Crippen molar-refractivity contribution in [3.8, 4) is 0 Å². The Morgan fingerprint density at radius 2 is 1.81 bits per heavy atom. The van der Waals surface area contributed by atoms with Gasteiger partial charge in [0.2, 0.25) is 0 Å². The van der Waals surface area contributed by atoms with Gasteiger partial charge in [-0.1, -0.05) is 28.4 Å². The predicted octanol–water partition coefficient (Wildman–Crippen LogP) is 2.00. The minimum atomic E-state index is -0.702. The SMILES string of the molecule is Cc1c(Cl)c([N+](=O)[O-])nn1Cc1noc(C(=O)NCCNC(=O)c2ccc(Cl)cc2)n1. The molecule has 0 spiro atoms. The molecule has 2 aromatic heterocycles. The second-order valence-electron chi connectivity index (χ2n) is 6.17. The Morgan fingerprint density at radius 3 is 2.42 bits per heavy atom. The summed E-state index contributed by atoms with van der Waals surface area (Å²) < 4.78 is 6.14. The van der Waals surface area contributed by atoms with Gasteiger partial charge in [-0.05, 0) is 36.1 Å². The van der Waals surface area contributed by atoms with E-state index in [1.54, 1.807) is 31.2 Å². The third-order valence-electron chi connectivity index (χ3n) is 4.05. The summed E-state index contributed by atoms with van der Waals surface area (Å²) in [6.45, 7) is 1.76. The normalized spacial score (nSPS) is 10.7. The van der Waals surface area contributed by atoms with E-state index >= 15 is 0 Å². The second-order valence-corrected chi connectivity index (χ2v) is 6.99. The maximum absolute atomic E-state index is 12.1. The lowest BCUT2D eigenvalue weighted by Gasteiger charge is -2.05. The first-order valence-electron chi connectivity index (χ1n) is 8.78. The van der Waals surface area contributed by atoms with E-state index in [-0.39, 0.29) is 42.3 Å². The van der Waals surface area contributed by atoms with Gasteiger partial charge in [-0.25, -0.2) is 0 Å². The van der Waals surface area contributed by atoms with E-state index in [9.17, 15) is 19.7 Å². The van der Waals surface area contributed by atoms with Gasteiger partial charge in [0.15, 0.2) is 10.8 Å². The van der Waals surface area contributed by atoms with Crippen LogP contribution in [0.5, 0.6) is 0 Å². The van der Waals surface area contributed by atoms with Gasteiger partial charge in [-0.3, -0.25) is 9.59 Å². The van der Waals surface area contributed by atoms with Crippen LogP contribution in [0.15, 0.2) is 28.8 Å². The van der Waals surface area contributed by atoms with Crippen LogP contribution in [-0.2, 0) is 6.54 Å². The van der Waals surface area contributed by atoms with Crippen LogP contribution >= 0.6 is 23.2 Å². The maximum atomic E-state index is 12.1. The molecule has 0 fully saturated rings. The largest absolute Gasteiger partial charge is 0.408 e. The highest BCUT2D eigenvalue weighted by Crippen LogP contribution is 2.26. The number of nitrogens with zero attached hydrogens (tertiary/aromatic N) is 5. The first-order chi connectivity index (χ1) is 14.8. The van der Waals surface area contributed by atoms with Crippen LogP contribution in [0, 0.1) is 17.0 Å². The Labute approximate surface area is 184 Å². The number of carbonyl (C=O) groups is 2. The molecule has 0 aliphatic heterocycles. The Morgan fingerprint density at radius 1 is 1.16 bits per heavy atom. The van der Waals surface area contributed by atoms with E-state index in [4.69, 9.17) is 27.7 Å². The summed E-state index contributed by atoms with van der Waals surface area (Å²) in [6, 6.07) is 6.36. The number of carbonyl (C=O) groups excluding carboxylic acids is 2. The van der Waals surface area contributed by atoms with Crippen molar-refractivity contribution < 1.29 is 19.0 Å². The summed E-state index contributed by atoms with van der Waals surface area (Å²) in [6.07, 6.45) is 0. The molecule has 3 rings (SSSR count). The van der Waals surface area contributed by atoms with Crippen molar-refractivity contribution in [3.05, 3.63) is 67.4 Å². The lowest BCUT2D eigenvalue weighted by molar-refractivity contribution is -0.389. The van der Waals surface area contributed by atoms with E-state index < -0.39 is 16.6 Å². The zero-order chi connectivity index (χ0) is 22.5. The van der Waals surface area contributed by atoms with Gasteiger partial charge in [0.25, 0.3) is 5.91 Å². The second kappa shape index (κ2) is 9.53. The fraction of sp³-hybridized carbons (Fsp3) is 0.235. The first-order valence-corrected chi connectivity index (χ1v) is 9.53. The average molecular weight is 468 g/mol. The molecule has 12 nitrogen and oxygen atoms in total. The van der Waals surface area contributed by atoms with Crippen LogP contribution in [0.1, 0.15) is 32.6 Å². The zero-order valence-corrected chi connectivity index (χ0v) is 17.5. The van der Waals surface area contributed by atoms with Gasteiger partial charge in [0.1, 0.15) is 6.54 Å². The van der Waals surface area contributed by atoms with Crippen LogP contribution in [0.3, 0.4) is 0 Å². The lowest BCUT2D eigenvalue weighted by atomic mass is 10.2. The predicted molar refractivity (Wildman–Crippen MR) is 108 cm³/mol. The van der Waals surface area contributed by atoms with Crippen molar-refractivity contribution >= 4 is 40.8 Å². The molecule has 0 saturated heterocycles. The average Bonchev–Trinajstić information content (AvgIpc) is 3.32. The van der Waals surface area contributed by atoms with Gasteiger partial charge in [-0.15, -0.1) is 0 Å². The third kappa shape index (κ3) is 5.35. The number of benzene rings is 1. The third-order valence-corrected chi connectivity index (χ3v) is 4.74. The van der Waals surface area contributed by atoms with Gasteiger partial charge >= 0.3 is 17.6 Å². The highest BCUT2D eigenvalue weighted by molar-refractivity contribution is 6.33. The number of amides is 2. The molecule has 14 heteroatoms. The van der Waals surface area contributed by atoms with Crippen molar-refractivity contribution in [2.75, 3.05) is 13.1 Å². The zero-order valence-electron chi connectivity index (χ0n) is 16.0. The summed E-state index contributed by atoms with van der Waals surface area (Å²) in [5.74, 6) is -1.65. The number of aromatic nitrogens is 4. The molecule has 2 heterocycles. The monoisotopic (exact) mass is 467 g/mol. The molecule has 0 radical (unpaired) electrons. The minimum absolute atomic E-state index is 0.0761. The molecule has 2 N–H and O–H groups in total. The van der Waals surface area contributed by atoms with Crippen LogP contribution in [0.4, 0.5) is 5.82 Å². The van der Waals surface area contributed by atoms with Crippen molar-refractivity contribution in [3.63, 3.8) is 0 Å². The first kappa shape index (κ1) is 22.2. The van der Waals surface area contributed by atoms with Crippen molar-refractivity contribution in [2.45, 2.75) is 13.5 Å². The molecule has 31 heavy (non-hydrogen) atoms. The van der Waals surface area contributed by atoms with Crippen molar-refractivity contribution in [2.24, 2.45) is 0 Å². The van der Waals surface area contributed by atoms with E-state index in [0.29, 0.717) is 16.3 Å². The van der Waals surface area contributed by atoms with Crippen molar-refractivity contribution in [1.82, 2.24) is 30.6 Å². The van der Waals surface area contributed by atoms with Crippen LogP contribution in [-0.4, -0.2) is 49.7 Å². The highest BCUT2D eigenvalue weighted by atomic mass is 35.5. The number of hydrogen-bond acceptors (Lipinski definition) is 8. The summed E-state index contributed by atoms with van der Waals surface area (Å²) in [4.78, 5) is 38.2. The molecule has 0 saturated carbocycles. The molecular formula is C17H15Cl2N7O5. The van der Waals surface area contributed by atoms with Gasteiger partial charge in [-0.2, -0.15) is 9.67 Å². The number of nitro groups is 1. The number of halogens is 2. The molecule has 162 valence electrons. The molecular weight excluding hydrogens is 453 g/mol. The molecule has 0 bridgehead atoms. The lowest BCUT2D eigenvalue weighted by Crippen LogP contribution is -2.34. The smallest absolute Gasteiger partial charge is 0.358 e. The van der Waals surface area contributed by atoms with Crippen LogP contribution in [0.2, 0.25) is 10.0 Å². The van der Waals surface area contributed by atoms with Gasteiger partial charge < -0.3 is 25.3 Å². The fourth-order valence-corrected chi connectivity index (χ4v) is 2.78. The van der Waals surface area contributed by atoms with Crippen LogP contribution in [0.25, 0.3) is 0 Å². The Kier molecular flexibility index (Phi) is 6.82. The molecule has 0 aliphatic carbocycles. The summed E-state index contributed by atoms with van der Waals surface area (Å²) >= 11 is 11.7. The fourth-order valence-electron chi connectivity index (χ4n) is 2.45. The van der Waals surface area contributed by atoms with Crippen molar-refractivity contribution in [1.29, 1.82) is 0 Å². The number of nitrogens with one attached hydrogen (secondary N) is 2. The minimum Gasteiger partial charge on any atom is -0.358 e. The van der Waals surface area contributed by atoms with E-state index in [1.165, 1.54) is 4.68 Å². The number of rotatable bonds is 8. The Balaban J connectivity index is 1.50. The van der Waals surface area contributed by atoms with E-state index in [2.05, 4.69) is 25.9 Å². The standard InChI is InChI=1S/C17H15Cl2N7O5/c1-9-13(19)14(26(29)30)23-25(9)8-12-22-17(31-24-12)16(28)21-7-6-20-15(27)10-2-4-11(18)5-3-10/h2-5H,6-8H2,1H3,(H,20,27)(H,21,28). The summed E-state index contributed by atoms with van der Waals surface area (Å²) in [5.41, 5.74) is 0.784. The Hall–Kier alpha value is -3.51. The van der Waals surface area contributed by atoms with E-state index in [1.807, 2.05) is 0 Å². The quantitative estimate of drug-likeness (QED) is 0.289. The topological polar surface area (TPSA) is 158 Å². The van der Waals surface area contributed by atoms with Gasteiger partial charge in [0.05, 0.1) is 10.8 Å². The maximum Gasteiger partial charge on any atom is 0.408 e. The molecule has 2 amide bonds. The van der Waals surface area contributed by atoms with Gasteiger partial charge in [0, 0.05) is 23.7 Å². The molecule has 0 atom stereocenters. The molecule has 0 aliphatic rings. The summed E-state index contributed by atoms with van der Waals surface area (Å²) in [5, 5.41) is 23.9. The van der Waals surface area contributed by atoms with E-state index in [0.717, 1.165) is 0 Å². The Bertz CT molecular complexity index is 1130. The number of hydrogen-bond donors (Lipinski definition) is 2. The molecule has 0 unspecified atom stereocenters. The summed E-state index contributed by atoms with van der Waals surface area (Å²) in [7, 11) is 0. The highest BCUT2D eigenvalue weighted by Gasteiger charge is 2.25. The molecule has 3 aromatic rings. The molecule has 1 aromatic carbocycles. The van der Waals surface area contributed by atoms with Crippen LogP contribution < -0.4 is 10.6 Å².